The number of nitrogens with one attached hydrogen (secondary N) is 1. The molecule has 0 atom stereocenters. The number of benzene rings is 2. The van der Waals surface area contributed by atoms with Gasteiger partial charge in [-0.15, -0.1) is 0 Å². The lowest BCUT2D eigenvalue weighted by atomic mass is 10.1. The Bertz CT molecular complexity index is 829. The third-order valence-electron chi connectivity index (χ3n) is 4.70. The van der Waals surface area contributed by atoms with E-state index in [-0.39, 0.29) is 11.8 Å². The molecule has 142 valence electrons. The molecule has 6 heteroatoms. The van der Waals surface area contributed by atoms with Crippen LogP contribution < -0.4 is 14.8 Å². The minimum Gasteiger partial charge on any atom is -0.497 e. The molecule has 0 spiro atoms. The number of hydrogen-bond donors (Lipinski definition) is 1. The first kappa shape index (κ1) is 18.8. The average molecular weight is 368 g/mol. The normalized spacial score (nSPS) is 13.8. The molecular weight excluding hydrogens is 344 g/mol. The number of methoxy groups -OCH3 is 2. The summed E-state index contributed by atoms with van der Waals surface area (Å²) in [5.74, 6) is 0.583. The number of carbonyl (C=O) groups is 2. The highest BCUT2D eigenvalue weighted by molar-refractivity contribution is 6.10. The zero-order valence-electron chi connectivity index (χ0n) is 15.7. The molecule has 3 rings (SSSR count). The standard InChI is InChI=1S/C21H24N2O4/c1-26-15-10-11-19(27-2)17(14-15)20(24)22-18-9-5-4-8-16(18)21(25)23-12-6-3-7-13-23/h4-5,8-11,14H,3,6-7,12-13H2,1-2H3,(H,22,24). The van der Waals surface area contributed by atoms with E-state index in [1.807, 2.05) is 4.90 Å². The fourth-order valence-electron chi connectivity index (χ4n) is 3.23. The summed E-state index contributed by atoms with van der Waals surface area (Å²) in [7, 11) is 3.04. The van der Waals surface area contributed by atoms with E-state index in [0.717, 1.165) is 32.4 Å². The van der Waals surface area contributed by atoms with Crippen molar-refractivity contribution in [2.75, 3.05) is 32.6 Å². The van der Waals surface area contributed by atoms with Crippen LogP contribution in [0.3, 0.4) is 0 Å². The molecule has 0 aliphatic carbocycles. The SMILES string of the molecule is COc1ccc(OC)c(C(=O)Nc2ccccc2C(=O)N2CCCCC2)c1. The molecule has 1 aliphatic heterocycles. The third kappa shape index (κ3) is 4.22. The molecule has 27 heavy (non-hydrogen) atoms. The lowest BCUT2D eigenvalue weighted by Crippen LogP contribution is -2.36. The Morgan fingerprint density at radius 3 is 2.37 bits per heavy atom. The Morgan fingerprint density at radius 1 is 0.926 bits per heavy atom. The van der Waals surface area contributed by atoms with Crippen molar-refractivity contribution in [3.63, 3.8) is 0 Å². The number of ether oxygens (including phenoxy) is 2. The minimum absolute atomic E-state index is 0.0526. The number of piperidine rings is 1. The molecule has 1 heterocycles. The predicted octanol–water partition coefficient (Wildman–Crippen LogP) is 3.58. The van der Waals surface area contributed by atoms with Crippen LogP contribution in [0.15, 0.2) is 42.5 Å². The average Bonchev–Trinajstić information content (AvgIpc) is 2.73. The summed E-state index contributed by atoms with van der Waals surface area (Å²) in [4.78, 5) is 27.6. The van der Waals surface area contributed by atoms with E-state index in [0.29, 0.717) is 28.3 Å². The quantitative estimate of drug-likeness (QED) is 0.876. The molecule has 2 aromatic carbocycles. The van der Waals surface area contributed by atoms with Crippen molar-refractivity contribution in [2.24, 2.45) is 0 Å². The Hall–Kier alpha value is -3.02. The topological polar surface area (TPSA) is 67.9 Å². The lowest BCUT2D eigenvalue weighted by Gasteiger charge is -2.27. The van der Waals surface area contributed by atoms with Crippen LogP contribution in [0.1, 0.15) is 40.0 Å². The molecular formula is C21H24N2O4. The van der Waals surface area contributed by atoms with Crippen LogP contribution in [0.2, 0.25) is 0 Å². The van der Waals surface area contributed by atoms with Gasteiger partial charge in [-0.05, 0) is 49.6 Å². The number of carbonyl (C=O) groups excluding carboxylic acids is 2. The second kappa shape index (κ2) is 8.58. The highest BCUT2D eigenvalue weighted by Crippen LogP contribution is 2.26. The van der Waals surface area contributed by atoms with Crippen LogP contribution in [0, 0.1) is 0 Å². The first-order chi connectivity index (χ1) is 13.1. The maximum atomic E-state index is 12.9. The second-order valence-corrected chi connectivity index (χ2v) is 6.42. The molecule has 2 amide bonds. The smallest absolute Gasteiger partial charge is 0.259 e. The molecule has 1 fully saturated rings. The van der Waals surface area contributed by atoms with E-state index in [1.54, 1.807) is 42.5 Å². The van der Waals surface area contributed by atoms with Gasteiger partial charge in [0.25, 0.3) is 11.8 Å². The summed E-state index contributed by atoms with van der Waals surface area (Å²) in [5.41, 5.74) is 1.33. The first-order valence-corrected chi connectivity index (χ1v) is 9.05. The Kier molecular flexibility index (Phi) is 5.96. The van der Waals surface area contributed by atoms with Crippen LogP contribution >= 0.6 is 0 Å². The van der Waals surface area contributed by atoms with Crippen LogP contribution in [-0.4, -0.2) is 44.0 Å². The number of nitrogens with zero attached hydrogens (tertiary/aromatic N) is 1. The Morgan fingerprint density at radius 2 is 1.67 bits per heavy atom. The van der Waals surface area contributed by atoms with E-state index < -0.39 is 0 Å². The fraction of sp³-hybridized carbons (Fsp3) is 0.333. The number of para-hydroxylation sites is 1. The van der Waals surface area contributed by atoms with Gasteiger partial charge >= 0.3 is 0 Å². The van der Waals surface area contributed by atoms with Crippen LogP contribution in [0.5, 0.6) is 11.5 Å². The van der Waals surface area contributed by atoms with E-state index in [4.69, 9.17) is 9.47 Å². The number of amides is 2. The van der Waals surface area contributed by atoms with Gasteiger partial charge in [-0.25, -0.2) is 0 Å². The third-order valence-corrected chi connectivity index (χ3v) is 4.70. The maximum Gasteiger partial charge on any atom is 0.259 e. The van der Waals surface area contributed by atoms with Crippen molar-refractivity contribution in [1.29, 1.82) is 0 Å². The van der Waals surface area contributed by atoms with Gasteiger partial charge in [0, 0.05) is 13.1 Å². The molecule has 0 saturated carbocycles. The molecule has 2 aromatic rings. The van der Waals surface area contributed by atoms with Crippen LogP contribution in [-0.2, 0) is 0 Å². The number of likely N-dealkylation sites (tertiary alicyclic amines) is 1. The summed E-state index contributed by atoms with van der Waals surface area (Å²) >= 11 is 0. The van der Waals surface area contributed by atoms with Gasteiger partial charge in [0.1, 0.15) is 11.5 Å². The fourth-order valence-corrected chi connectivity index (χ4v) is 3.23. The molecule has 6 nitrogen and oxygen atoms in total. The maximum absolute atomic E-state index is 12.9. The van der Waals surface area contributed by atoms with E-state index in [1.165, 1.54) is 14.2 Å². The second-order valence-electron chi connectivity index (χ2n) is 6.42. The summed E-state index contributed by atoms with van der Waals surface area (Å²) in [6, 6.07) is 12.1. The van der Waals surface area contributed by atoms with Crippen molar-refractivity contribution in [2.45, 2.75) is 19.3 Å². The molecule has 0 bridgehead atoms. The lowest BCUT2D eigenvalue weighted by molar-refractivity contribution is 0.0725. The summed E-state index contributed by atoms with van der Waals surface area (Å²) in [6.07, 6.45) is 3.18. The zero-order chi connectivity index (χ0) is 19.2. The van der Waals surface area contributed by atoms with Crippen molar-refractivity contribution in [1.82, 2.24) is 4.90 Å². The monoisotopic (exact) mass is 368 g/mol. The van der Waals surface area contributed by atoms with Crippen molar-refractivity contribution < 1.29 is 19.1 Å². The first-order valence-electron chi connectivity index (χ1n) is 9.05. The molecule has 1 saturated heterocycles. The molecule has 1 N–H and O–H groups in total. The van der Waals surface area contributed by atoms with Gasteiger partial charge in [0.2, 0.25) is 0 Å². The summed E-state index contributed by atoms with van der Waals surface area (Å²) in [6.45, 7) is 1.51. The van der Waals surface area contributed by atoms with E-state index in [9.17, 15) is 9.59 Å². The van der Waals surface area contributed by atoms with Crippen LogP contribution in [0.4, 0.5) is 5.69 Å². The summed E-state index contributed by atoms with van der Waals surface area (Å²) in [5, 5.41) is 2.85. The molecule has 1 aliphatic rings. The molecule has 0 aromatic heterocycles. The van der Waals surface area contributed by atoms with Gasteiger partial charge < -0.3 is 19.7 Å². The highest BCUT2D eigenvalue weighted by Gasteiger charge is 2.22. The van der Waals surface area contributed by atoms with Gasteiger partial charge in [0.05, 0.1) is 31.0 Å². The Balaban J connectivity index is 1.86. The van der Waals surface area contributed by atoms with Gasteiger partial charge in [-0.1, -0.05) is 12.1 Å². The number of rotatable bonds is 5. The summed E-state index contributed by atoms with van der Waals surface area (Å²) < 4.78 is 10.5. The predicted molar refractivity (Wildman–Crippen MR) is 104 cm³/mol. The molecule has 0 unspecified atom stereocenters. The van der Waals surface area contributed by atoms with Gasteiger partial charge in [0.15, 0.2) is 0 Å². The number of hydrogen-bond acceptors (Lipinski definition) is 4. The van der Waals surface area contributed by atoms with Crippen molar-refractivity contribution in [3.8, 4) is 11.5 Å². The number of anilines is 1. The zero-order valence-corrected chi connectivity index (χ0v) is 15.7. The highest BCUT2D eigenvalue weighted by atomic mass is 16.5. The van der Waals surface area contributed by atoms with Gasteiger partial charge in [-0.3, -0.25) is 9.59 Å². The minimum atomic E-state index is -0.357. The van der Waals surface area contributed by atoms with Crippen molar-refractivity contribution >= 4 is 17.5 Å². The van der Waals surface area contributed by atoms with Crippen LogP contribution in [0.25, 0.3) is 0 Å². The largest absolute Gasteiger partial charge is 0.497 e. The van der Waals surface area contributed by atoms with Gasteiger partial charge in [-0.2, -0.15) is 0 Å². The van der Waals surface area contributed by atoms with E-state index >= 15 is 0 Å². The molecule has 0 radical (unpaired) electrons. The van der Waals surface area contributed by atoms with E-state index in [2.05, 4.69) is 5.32 Å². The van der Waals surface area contributed by atoms with Crippen molar-refractivity contribution in [3.05, 3.63) is 53.6 Å². The Labute approximate surface area is 159 Å².